The maximum atomic E-state index is 13.1. The van der Waals surface area contributed by atoms with Crippen LogP contribution in [0.5, 0.6) is 0 Å². The molecule has 29 heavy (non-hydrogen) atoms. The topological polar surface area (TPSA) is 52.7 Å². The van der Waals surface area contributed by atoms with E-state index in [1.165, 1.54) is 23.4 Å². The molecule has 5 nitrogen and oxygen atoms in total. The molecule has 2 aromatic rings. The van der Waals surface area contributed by atoms with Crippen molar-refractivity contribution in [2.24, 2.45) is 0 Å². The molecule has 0 aromatic heterocycles. The summed E-state index contributed by atoms with van der Waals surface area (Å²) >= 11 is 11.3. The van der Waals surface area contributed by atoms with Gasteiger partial charge >= 0.3 is 0 Å². The number of aryl methyl sites for hydroxylation is 1. The summed E-state index contributed by atoms with van der Waals surface area (Å²) in [4.78, 5) is 29.3. The lowest BCUT2D eigenvalue weighted by Gasteiger charge is -2.29. The normalized spacial score (nSPS) is 18.6. The van der Waals surface area contributed by atoms with Crippen molar-refractivity contribution in [2.45, 2.75) is 19.8 Å². The van der Waals surface area contributed by atoms with Gasteiger partial charge in [0.1, 0.15) is 5.57 Å². The molecule has 0 atom stereocenters. The average molecular weight is 426 g/mol. The lowest BCUT2D eigenvalue weighted by Crippen LogP contribution is -2.54. The van der Waals surface area contributed by atoms with E-state index >= 15 is 0 Å². The van der Waals surface area contributed by atoms with E-state index in [0.29, 0.717) is 10.7 Å². The van der Waals surface area contributed by atoms with Crippen LogP contribution in [0.2, 0.25) is 5.02 Å². The highest BCUT2D eigenvalue weighted by molar-refractivity contribution is 7.80. The van der Waals surface area contributed by atoms with Gasteiger partial charge in [-0.15, -0.1) is 0 Å². The Kier molecular flexibility index (Phi) is 5.39. The number of benzene rings is 2. The predicted molar refractivity (Wildman–Crippen MR) is 120 cm³/mol. The molecule has 1 N–H and O–H groups in total. The van der Waals surface area contributed by atoms with Gasteiger partial charge in [0.15, 0.2) is 5.11 Å². The van der Waals surface area contributed by atoms with E-state index in [1.54, 1.807) is 30.3 Å². The van der Waals surface area contributed by atoms with Crippen LogP contribution in [-0.2, 0) is 9.59 Å². The zero-order valence-electron chi connectivity index (χ0n) is 15.9. The Labute approximate surface area is 179 Å². The first kappa shape index (κ1) is 19.6. The van der Waals surface area contributed by atoms with Crippen molar-refractivity contribution in [2.75, 3.05) is 22.9 Å². The summed E-state index contributed by atoms with van der Waals surface area (Å²) in [5, 5.41) is 3.12. The minimum Gasteiger partial charge on any atom is -0.372 e. The number of nitrogens with zero attached hydrogens (tertiary/aromatic N) is 2. The van der Waals surface area contributed by atoms with Crippen LogP contribution in [0, 0.1) is 6.92 Å². The zero-order chi connectivity index (χ0) is 20.5. The van der Waals surface area contributed by atoms with Gasteiger partial charge in [-0.2, -0.15) is 0 Å². The third kappa shape index (κ3) is 3.91. The molecule has 4 rings (SSSR count). The third-order valence-corrected chi connectivity index (χ3v) is 5.71. The van der Waals surface area contributed by atoms with Crippen molar-refractivity contribution >= 4 is 58.2 Å². The molecule has 0 unspecified atom stereocenters. The highest BCUT2D eigenvalue weighted by Gasteiger charge is 2.34. The van der Waals surface area contributed by atoms with Crippen molar-refractivity contribution in [1.29, 1.82) is 0 Å². The van der Waals surface area contributed by atoms with Crippen molar-refractivity contribution in [3.63, 3.8) is 0 Å². The summed E-state index contributed by atoms with van der Waals surface area (Å²) in [6.07, 6.45) is 4.04. The summed E-state index contributed by atoms with van der Waals surface area (Å²) in [5.41, 5.74) is 3.55. The SMILES string of the molecule is Cc1cc(N2CCCC2)ccc1/C=C1/C(=O)NC(=S)N(c2cccc(Cl)c2)C1=O. The molecule has 0 spiro atoms. The Morgan fingerprint density at radius 2 is 1.83 bits per heavy atom. The number of carbonyl (C=O) groups excluding carboxylic acids is 2. The molecular weight excluding hydrogens is 406 g/mol. The van der Waals surface area contributed by atoms with E-state index in [-0.39, 0.29) is 10.7 Å². The fraction of sp³-hybridized carbons (Fsp3) is 0.227. The molecule has 2 fully saturated rings. The van der Waals surface area contributed by atoms with Crippen LogP contribution in [0.3, 0.4) is 0 Å². The first-order valence-corrected chi connectivity index (χ1v) is 10.3. The quantitative estimate of drug-likeness (QED) is 0.457. The van der Waals surface area contributed by atoms with Crippen LogP contribution in [0.4, 0.5) is 11.4 Å². The van der Waals surface area contributed by atoms with Gasteiger partial charge in [0, 0.05) is 23.8 Å². The molecule has 148 valence electrons. The molecule has 2 heterocycles. The van der Waals surface area contributed by atoms with Gasteiger partial charge in [-0.05, 0) is 79.5 Å². The molecule has 0 aliphatic carbocycles. The Bertz CT molecular complexity index is 1040. The first-order valence-electron chi connectivity index (χ1n) is 9.46. The first-order chi connectivity index (χ1) is 13.9. The number of amides is 2. The van der Waals surface area contributed by atoms with E-state index in [0.717, 1.165) is 24.2 Å². The predicted octanol–water partition coefficient (Wildman–Crippen LogP) is 4.08. The fourth-order valence-corrected chi connectivity index (χ4v) is 4.12. The number of halogens is 1. The van der Waals surface area contributed by atoms with Gasteiger partial charge in [0.05, 0.1) is 5.69 Å². The Hall–Kier alpha value is -2.70. The molecule has 7 heteroatoms. The highest BCUT2D eigenvalue weighted by Crippen LogP contribution is 2.27. The molecule has 2 aliphatic rings. The number of nitrogens with one attached hydrogen (secondary N) is 1. The summed E-state index contributed by atoms with van der Waals surface area (Å²) in [6.45, 7) is 4.11. The molecule has 2 aliphatic heterocycles. The second-order valence-electron chi connectivity index (χ2n) is 7.17. The van der Waals surface area contributed by atoms with Gasteiger partial charge in [-0.1, -0.05) is 23.7 Å². The maximum absolute atomic E-state index is 13.1. The van der Waals surface area contributed by atoms with E-state index in [9.17, 15) is 9.59 Å². The summed E-state index contributed by atoms with van der Waals surface area (Å²) in [6, 6.07) is 12.9. The highest BCUT2D eigenvalue weighted by atomic mass is 35.5. The van der Waals surface area contributed by atoms with Crippen LogP contribution in [-0.4, -0.2) is 30.0 Å². The van der Waals surface area contributed by atoms with Gasteiger partial charge in [-0.25, -0.2) is 0 Å². The number of carbonyl (C=O) groups is 2. The lowest BCUT2D eigenvalue weighted by atomic mass is 10.0. The van der Waals surface area contributed by atoms with Gasteiger partial charge < -0.3 is 4.90 Å². The average Bonchev–Trinajstić information content (AvgIpc) is 3.21. The second kappa shape index (κ2) is 7.97. The van der Waals surface area contributed by atoms with Gasteiger partial charge in [0.2, 0.25) is 0 Å². The summed E-state index contributed by atoms with van der Waals surface area (Å²) in [7, 11) is 0. The van der Waals surface area contributed by atoms with E-state index in [2.05, 4.69) is 16.3 Å². The van der Waals surface area contributed by atoms with Crippen LogP contribution in [0.1, 0.15) is 24.0 Å². The number of hydrogen-bond donors (Lipinski definition) is 1. The molecule has 2 saturated heterocycles. The van der Waals surface area contributed by atoms with Crippen LogP contribution in [0.25, 0.3) is 6.08 Å². The van der Waals surface area contributed by atoms with Gasteiger partial charge in [0.25, 0.3) is 11.8 Å². The smallest absolute Gasteiger partial charge is 0.270 e. The number of anilines is 2. The van der Waals surface area contributed by atoms with Crippen molar-refractivity contribution in [3.8, 4) is 0 Å². The Morgan fingerprint density at radius 3 is 2.52 bits per heavy atom. The Morgan fingerprint density at radius 1 is 1.07 bits per heavy atom. The van der Waals surface area contributed by atoms with Crippen LogP contribution < -0.4 is 15.1 Å². The standard InChI is InChI=1S/C22H20ClN3O2S/c1-14-11-17(25-9-2-3-10-25)8-7-15(14)12-19-20(27)24-22(29)26(21(19)28)18-6-4-5-16(23)13-18/h4-8,11-13H,2-3,9-10H2,1H3,(H,24,27,29)/b19-12-. The number of hydrogen-bond acceptors (Lipinski definition) is 4. The molecule has 0 saturated carbocycles. The molecule has 2 amide bonds. The van der Waals surface area contributed by atoms with E-state index in [1.807, 2.05) is 19.1 Å². The monoisotopic (exact) mass is 425 g/mol. The number of thiocarbonyl (C=S) groups is 1. The van der Waals surface area contributed by atoms with Crippen molar-refractivity contribution in [3.05, 3.63) is 64.2 Å². The third-order valence-electron chi connectivity index (χ3n) is 5.19. The zero-order valence-corrected chi connectivity index (χ0v) is 17.5. The minimum absolute atomic E-state index is 0.0376. The van der Waals surface area contributed by atoms with Crippen molar-refractivity contribution < 1.29 is 9.59 Å². The molecule has 0 radical (unpaired) electrons. The number of rotatable bonds is 3. The minimum atomic E-state index is -0.499. The van der Waals surface area contributed by atoms with Crippen LogP contribution >= 0.6 is 23.8 Å². The van der Waals surface area contributed by atoms with E-state index < -0.39 is 11.8 Å². The van der Waals surface area contributed by atoms with Crippen LogP contribution in [0.15, 0.2) is 48.0 Å². The fourth-order valence-electron chi connectivity index (χ4n) is 3.66. The lowest BCUT2D eigenvalue weighted by molar-refractivity contribution is -0.122. The van der Waals surface area contributed by atoms with Crippen molar-refractivity contribution in [1.82, 2.24) is 5.32 Å². The second-order valence-corrected chi connectivity index (χ2v) is 8.00. The maximum Gasteiger partial charge on any atom is 0.270 e. The Balaban J connectivity index is 1.67. The van der Waals surface area contributed by atoms with E-state index in [4.69, 9.17) is 23.8 Å². The summed E-state index contributed by atoms with van der Waals surface area (Å²) in [5.74, 6) is -0.967. The largest absolute Gasteiger partial charge is 0.372 e. The molecular formula is C22H20ClN3O2S. The summed E-state index contributed by atoms with van der Waals surface area (Å²) < 4.78 is 0. The molecule has 0 bridgehead atoms. The van der Waals surface area contributed by atoms with Gasteiger partial charge in [-0.3, -0.25) is 19.8 Å². The molecule has 2 aromatic carbocycles.